The Hall–Kier alpha value is -2.04. The number of rotatable bonds is 4. The van der Waals surface area contributed by atoms with Gasteiger partial charge in [0.15, 0.2) is 0 Å². The maximum atomic E-state index is 11.9. The van der Waals surface area contributed by atoms with E-state index in [1.54, 1.807) is 25.1 Å². The van der Waals surface area contributed by atoms with Crippen LogP contribution in [0.25, 0.3) is 0 Å². The SMILES string of the molecule is Cc1c(N)cccc1C(=O)NCC(=O)NC1CC1. The molecule has 0 unspecified atom stereocenters. The van der Waals surface area contributed by atoms with Crippen LogP contribution < -0.4 is 16.4 Å². The number of nitrogens with one attached hydrogen (secondary N) is 2. The lowest BCUT2D eigenvalue weighted by Gasteiger charge is -2.09. The Morgan fingerprint density at radius 2 is 2.11 bits per heavy atom. The molecule has 0 heterocycles. The van der Waals surface area contributed by atoms with Crippen LogP contribution in [0.2, 0.25) is 0 Å². The summed E-state index contributed by atoms with van der Waals surface area (Å²) >= 11 is 0. The summed E-state index contributed by atoms with van der Waals surface area (Å²) in [6.07, 6.45) is 2.07. The third-order valence-electron chi connectivity index (χ3n) is 2.97. The number of benzene rings is 1. The Morgan fingerprint density at radius 1 is 1.39 bits per heavy atom. The Morgan fingerprint density at radius 3 is 2.78 bits per heavy atom. The lowest BCUT2D eigenvalue weighted by molar-refractivity contribution is -0.120. The molecule has 0 spiro atoms. The molecule has 0 bridgehead atoms. The van der Waals surface area contributed by atoms with Crippen LogP contribution in [0.15, 0.2) is 18.2 Å². The Bertz CT molecular complexity index is 481. The van der Waals surface area contributed by atoms with Crippen molar-refractivity contribution in [1.82, 2.24) is 10.6 Å². The van der Waals surface area contributed by atoms with Crippen molar-refractivity contribution in [3.05, 3.63) is 29.3 Å². The molecule has 1 aliphatic rings. The molecule has 1 fully saturated rings. The lowest BCUT2D eigenvalue weighted by Crippen LogP contribution is -2.38. The first-order valence-electron chi connectivity index (χ1n) is 6.00. The number of nitrogen functional groups attached to an aromatic ring is 1. The van der Waals surface area contributed by atoms with Gasteiger partial charge < -0.3 is 16.4 Å². The van der Waals surface area contributed by atoms with Gasteiger partial charge in [0.1, 0.15) is 0 Å². The maximum absolute atomic E-state index is 11.9. The van der Waals surface area contributed by atoms with Crippen molar-refractivity contribution in [2.45, 2.75) is 25.8 Å². The summed E-state index contributed by atoms with van der Waals surface area (Å²) in [4.78, 5) is 23.3. The minimum atomic E-state index is -0.272. The summed E-state index contributed by atoms with van der Waals surface area (Å²) < 4.78 is 0. The van der Waals surface area contributed by atoms with Gasteiger partial charge in [-0.05, 0) is 37.5 Å². The van der Waals surface area contributed by atoms with Crippen LogP contribution in [0, 0.1) is 6.92 Å². The Labute approximate surface area is 106 Å². The van der Waals surface area contributed by atoms with Crippen molar-refractivity contribution in [3.63, 3.8) is 0 Å². The molecule has 0 aromatic heterocycles. The number of hydrogen-bond donors (Lipinski definition) is 3. The van der Waals surface area contributed by atoms with E-state index in [1.165, 1.54) is 0 Å². The van der Waals surface area contributed by atoms with E-state index < -0.39 is 0 Å². The number of nitrogens with two attached hydrogens (primary N) is 1. The molecule has 0 radical (unpaired) electrons. The average molecular weight is 247 g/mol. The number of hydrogen-bond acceptors (Lipinski definition) is 3. The summed E-state index contributed by atoms with van der Waals surface area (Å²) in [7, 11) is 0. The molecule has 2 rings (SSSR count). The van der Waals surface area contributed by atoms with E-state index in [0.717, 1.165) is 18.4 Å². The van der Waals surface area contributed by atoms with E-state index in [0.29, 0.717) is 17.3 Å². The van der Waals surface area contributed by atoms with Crippen molar-refractivity contribution >= 4 is 17.5 Å². The summed E-state index contributed by atoms with van der Waals surface area (Å²) in [5, 5.41) is 5.40. The zero-order valence-corrected chi connectivity index (χ0v) is 10.3. The van der Waals surface area contributed by atoms with Crippen molar-refractivity contribution in [2.24, 2.45) is 0 Å². The van der Waals surface area contributed by atoms with Crippen molar-refractivity contribution in [1.29, 1.82) is 0 Å². The van der Waals surface area contributed by atoms with E-state index in [-0.39, 0.29) is 18.4 Å². The summed E-state index contributed by atoms with van der Waals surface area (Å²) in [6, 6.07) is 5.47. The number of carbonyl (C=O) groups excluding carboxylic acids is 2. The summed E-state index contributed by atoms with van der Waals surface area (Å²) in [6.45, 7) is 1.79. The highest BCUT2D eigenvalue weighted by Gasteiger charge is 2.23. The largest absolute Gasteiger partial charge is 0.398 e. The fraction of sp³-hybridized carbons (Fsp3) is 0.385. The molecule has 0 saturated heterocycles. The zero-order valence-electron chi connectivity index (χ0n) is 10.3. The van der Waals surface area contributed by atoms with Crippen LogP contribution in [0.5, 0.6) is 0 Å². The minimum absolute atomic E-state index is 0.00354. The minimum Gasteiger partial charge on any atom is -0.398 e. The van der Waals surface area contributed by atoms with Crippen molar-refractivity contribution < 1.29 is 9.59 Å². The average Bonchev–Trinajstić information content (AvgIpc) is 3.13. The molecule has 2 amide bonds. The van der Waals surface area contributed by atoms with Crippen molar-refractivity contribution in [3.8, 4) is 0 Å². The number of amides is 2. The van der Waals surface area contributed by atoms with Gasteiger partial charge in [-0.2, -0.15) is 0 Å². The Kier molecular flexibility index (Phi) is 3.50. The highest BCUT2D eigenvalue weighted by atomic mass is 16.2. The summed E-state index contributed by atoms with van der Waals surface area (Å²) in [5.74, 6) is -0.418. The number of anilines is 1. The summed E-state index contributed by atoms with van der Waals surface area (Å²) in [5.41, 5.74) is 7.55. The van der Waals surface area contributed by atoms with Crippen LogP contribution in [-0.2, 0) is 4.79 Å². The highest BCUT2D eigenvalue weighted by Crippen LogP contribution is 2.18. The van der Waals surface area contributed by atoms with Gasteiger partial charge in [0.2, 0.25) is 5.91 Å². The van der Waals surface area contributed by atoms with Gasteiger partial charge in [-0.3, -0.25) is 9.59 Å². The fourth-order valence-electron chi connectivity index (χ4n) is 1.66. The quantitative estimate of drug-likeness (QED) is 0.681. The smallest absolute Gasteiger partial charge is 0.252 e. The molecule has 5 nitrogen and oxygen atoms in total. The molecule has 1 aromatic rings. The van der Waals surface area contributed by atoms with Crippen LogP contribution in [0.4, 0.5) is 5.69 Å². The molecule has 5 heteroatoms. The van der Waals surface area contributed by atoms with Gasteiger partial charge in [0.25, 0.3) is 5.91 Å². The molecule has 1 aliphatic carbocycles. The molecule has 0 aliphatic heterocycles. The predicted octanol–water partition coefficient (Wildman–Crippen LogP) is 0.586. The molecule has 4 N–H and O–H groups in total. The van der Waals surface area contributed by atoms with Gasteiger partial charge >= 0.3 is 0 Å². The van der Waals surface area contributed by atoms with Gasteiger partial charge in [0, 0.05) is 17.3 Å². The van der Waals surface area contributed by atoms with E-state index in [1.807, 2.05) is 0 Å². The molecule has 0 atom stereocenters. The molecule has 1 saturated carbocycles. The second kappa shape index (κ2) is 5.08. The van der Waals surface area contributed by atoms with E-state index in [9.17, 15) is 9.59 Å². The first-order chi connectivity index (χ1) is 8.58. The van der Waals surface area contributed by atoms with Gasteiger partial charge in [-0.15, -0.1) is 0 Å². The molecular weight excluding hydrogens is 230 g/mol. The van der Waals surface area contributed by atoms with Crippen LogP contribution >= 0.6 is 0 Å². The second-order valence-electron chi connectivity index (χ2n) is 4.54. The molecule has 18 heavy (non-hydrogen) atoms. The van der Waals surface area contributed by atoms with Crippen LogP contribution in [0.3, 0.4) is 0 Å². The zero-order chi connectivity index (χ0) is 13.1. The molecule has 96 valence electrons. The van der Waals surface area contributed by atoms with Crippen LogP contribution in [0.1, 0.15) is 28.8 Å². The third-order valence-corrected chi connectivity index (χ3v) is 2.97. The molecule has 1 aromatic carbocycles. The first kappa shape index (κ1) is 12.4. The second-order valence-corrected chi connectivity index (χ2v) is 4.54. The predicted molar refractivity (Wildman–Crippen MR) is 69.1 cm³/mol. The highest BCUT2D eigenvalue weighted by molar-refractivity contribution is 5.98. The standard InChI is InChI=1S/C13H17N3O2/c1-8-10(3-2-4-11(8)14)13(18)15-7-12(17)16-9-5-6-9/h2-4,9H,5-7,14H2,1H3,(H,15,18)(H,16,17). The fourth-order valence-corrected chi connectivity index (χ4v) is 1.66. The lowest BCUT2D eigenvalue weighted by atomic mass is 10.1. The van der Waals surface area contributed by atoms with Crippen molar-refractivity contribution in [2.75, 3.05) is 12.3 Å². The van der Waals surface area contributed by atoms with Gasteiger partial charge in [-0.1, -0.05) is 6.07 Å². The Balaban J connectivity index is 1.90. The monoisotopic (exact) mass is 247 g/mol. The molecular formula is C13H17N3O2. The van der Waals surface area contributed by atoms with E-state index >= 15 is 0 Å². The van der Waals surface area contributed by atoms with Gasteiger partial charge in [0.05, 0.1) is 6.54 Å². The van der Waals surface area contributed by atoms with Gasteiger partial charge in [-0.25, -0.2) is 0 Å². The van der Waals surface area contributed by atoms with Crippen LogP contribution in [-0.4, -0.2) is 24.4 Å². The maximum Gasteiger partial charge on any atom is 0.252 e. The first-order valence-corrected chi connectivity index (χ1v) is 6.00. The topological polar surface area (TPSA) is 84.2 Å². The van der Waals surface area contributed by atoms with E-state index in [4.69, 9.17) is 5.73 Å². The third kappa shape index (κ3) is 3.00. The number of carbonyl (C=O) groups is 2. The normalized spacial score (nSPS) is 14.1. The van der Waals surface area contributed by atoms with E-state index in [2.05, 4.69) is 10.6 Å².